The molecule has 1 aromatic heterocycles. The number of carboxylic acid groups (broad SMARTS) is 1. The Hall–Kier alpha value is -1.87. The van der Waals surface area contributed by atoms with Gasteiger partial charge in [0.15, 0.2) is 11.3 Å². The van der Waals surface area contributed by atoms with Crippen molar-refractivity contribution in [3.8, 4) is 0 Å². The van der Waals surface area contributed by atoms with Crippen molar-refractivity contribution in [3.63, 3.8) is 0 Å². The lowest BCUT2D eigenvalue weighted by Gasteiger charge is -2.08. The Bertz CT molecular complexity index is 600. The van der Waals surface area contributed by atoms with Gasteiger partial charge < -0.3 is 15.5 Å². The molecule has 2 heterocycles. The molecule has 9 heteroatoms. The molecule has 0 unspecified atom stereocenters. The zero-order chi connectivity index (χ0) is 14.7. The Balaban J connectivity index is 2.00. The SMILES string of the molecule is O=C(NCC[C@H](O)C(=O)O)c1cnc2n(c1=O)CCS2. The van der Waals surface area contributed by atoms with E-state index in [2.05, 4.69) is 10.3 Å². The van der Waals surface area contributed by atoms with Crippen LogP contribution in [0.15, 0.2) is 16.1 Å². The number of rotatable bonds is 5. The summed E-state index contributed by atoms with van der Waals surface area (Å²) in [6.07, 6.45) is -0.447. The highest BCUT2D eigenvalue weighted by Gasteiger charge is 2.20. The minimum absolute atomic E-state index is 0.0394. The van der Waals surface area contributed by atoms with Gasteiger partial charge in [0.05, 0.1) is 0 Å². The molecule has 1 aromatic rings. The van der Waals surface area contributed by atoms with Crippen molar-refractivity contribution in [2.24, 2.45) is 0 Å². The molecule has 1 amide bonds. The average Bonchev–Trinajstić information content (AvgIpc) is 2.87. The van der Waals surface area contributed by atoms with Gasteiger partial charge >= 0.3 is 5.97 Å². The Labute approximate surface area is 117 Å². The van der Waals surface area contributed by atoms with Crippen LogP contribution in [0.4, 0.5) is 0 Å². The number of aliphatic hydroxyl groups is 1. The third kappa shape index (κ3) is 2.99. The van der Waals surface area contributed by atoms with Crippen LogP contribution in [0.25, 0.3) is 0 Å². The van der Waals surface area contributed by atoms with Gasteiger partial charge in [-0.25, -0.2) is 9.78 Å². The first-order chi connectivity index (χ1) is 9.50. The Morgan fingerprint density at radius 1 is 1.55 bits per heavy atom. The van der Waals surface area contributed by atoms with E-state index in [1.807, 2.05) is 0 Å². The van der Waals surface area contributed by atoms with E-state index in [4.69, 9.17) is 10.2 Å². The molecule has 1 atom stereocenters. The third-order valence-corrected chi connectivity index (χ3v) is 3.76. The molecule has 108 valence electrons. The monoisotopic (exact) mass is 299 g/mol. The molecule has 0 radical (unpaired) electrons. The number of fused-ring (bicyclic) bond motifs is 1. The Morgan fingerprint density at radius 2 is 2.30 bits per heavy atom. The molecular weight excluding hydrogens is 286 g/mol. The molecule has 20 heavy (non-hydrogen) atoms. The van der Waals surface area contributed by atoms with Crippen LogP contribution in [0.1, 0.15) is 16.8 Å². The number of carbonyl (C=O) groups excluding carboxylic acids is 1. The fourth-order valence-corrected chi connectivity index (χ4v) is 2.63. The predicted molar refractivity (Wildman–Crippen MR) is 69.8 cm³/mol. The van der Waals surface area contributed by atoms with Crippen molar-refractivity contribution >= 4 is 23.6 Å². The molecule has 0 aliphatic carbocycles. The molecule has 0 saturated carbocycles. The summed E-state index contributed by atoms with van der Waals surface area (Å²) >= 11 is 1.45. The summed E-state index contributed by atoms with van der Waals surface area (Å²) in [7, 11) is 0. The van der Waals surface area contributed by atoms with Crippen LogP contribution in [0.3, 0.4) is 0 Å². The van der Waals surface area contributed by atoms with Crippen molar-refractivity contribution in [2.45, 2.75) is 24.2 Å². The van der Waals surface area contributed by atoms with Gasteiger partial charge in [-0.1, -0.05) is 11.8 Å². The second kappa shape index (κ2) is 6.06. The number of carbonyl (C=O) groups is 2. The molecule has 3 N–H and O–H groups in total. The largest absolute Gasteiger partial charge is 0.479 e. The van der Waals surface area contributed by atoms with Crippen LogP contribution in [-0.4, -0.2) is 50.0 Å². The Kier molecular flexibility index (Phi) is 4.40. The van der Waals surface area contributed by atoms with Crippen LogP contribution >= 0.6 is 11.8 Å². The van der Waals surface area contributed by atoms with Crippen LogP contribution in [0.5, 0.6) is 0 Å². The number of amides is 1. The molecule has 2 rings (SSSR count). The van der Waals surface area contributed by atoms with E-state index in [9.17, 15) is 14.4 Å². The number of aliphatic hydroxyl groups excluding tert-OH is 1. The normalized spacial score (nSPS) is 14.7. The van der Waals surface area contributed by atoms with Gasteiger partial charge in [0.1, 0.15) is 5.56 Å². The fraction of sp³-hybridized carbons (Fsp3) is 0.455. The van der Waals surface area contributed by atoms with E-state index in [1.165, 1.54) is 22.5 Å². The third-order valence-electron chi connectivity index (χ3n) is 2.79. The van der Waals surface area contributed by atoms with Crippen LogP contribution < -0.4 is 10.9 Å². The minimum atomic E-state index is -1.54. The summed E-state index contributed by atoms with van der Waals surface area (Å²) in [4.78, 5) is 38.3. The maximum absolute atomic E-state index is 12.0. The van der Waals surface area contributed by atoms with Gasteiger partial charge in [-0.3, -0.25) is 14.2 Å². The number of hydrogen-bond acceptors (Lipinski definition) is 6. The number of nitrogens with zero attached hydrogens (tertiary/aromatic N) is 2. The molecule has 0 aromatic carbocycles. The number of thioether (sulfide) groups is 1. The highest BCUT2D eigenvalue weighted by atomic mass is 32.2. The first-order valence-electron chi connectivity index (χ1n) is 5.92. The summed E-state index contributed by atoms with van der Waals surface area (Å²) in [6, 6.07) is 0. The van der Waals surface area contributed by atoms with Gasteiger partial charge in [-0.15, -0.1) is 0 Å². The second-order valence-electron chi connectivity index (χ2n) is 4.16. The number of nitrogens with one attached hydrogen (secondary N) is 1. The van der Waals surface area contributed by atoms with E-state index < -0.39 is 23.5 Å². The number of hydrogen-bond donors (Lipinski definition) is 3. The zero-order valence-electron chi connectivity index (χ0n) is 10.4. The zero-order valence-corrected chi connectivity index (χ0v) is 11.2. The van der Waals surface area contributed by atoms with Crippen LogP contribution in [-0.2, 0) is 11.3 Å². The smallest absolute Gasteiger partial charge is 0.332 e. The number of carboxylic acids is 1. The van der Waals surface area contributed by atoms with Crippen LogP contribution in [0, 0.1) is 0 Å². The quantitative estimate of drug-likeness (QED) is 0.591. The standard InChI is InChI=1S/C11H13N3O5S/c15-7(10(18)19)1-2-12-8(16)6-5-13-11-14(9(6)17)3-4-20-11/h5,7,15H,1-4H2,(H,12,16)(H,18,19)/t7-/m0/s1. The van der Waals surface area contributed by atoms with E-state index >= 15 is 0 Å². The van der Waals surface area contributed by atoms with E-state index in [1.54, 1.807) is 0 Å². The molecule has 0 saturated heterocycles. The summed E-state index contributed by atoms with van der Waals surface area (Å²) in [6.45, 7) is 0.479. The van der Waals surface area contributed by atoms with Gasteiger partial charge in [0.25, 0.3) is 11.5 Å². The van der Waals surface area contributed by atoms with E-state index in [0.717, 1.165) is 5.75 Å². The van der Waals surface area contributed by atoms with Crippen molar-refractivity contribution in [1.29, 1.82) is 0 Å². The summed E-state index contributed by atoms with van der Waals surface area (Å²) in [5, 5.41) is 20.5. The van der Waals surface area contributed by atoms with E-state index in [0.29, 0.717) is 11.7 Å². The molecule has 0 fully saturated rings. The minimum Gasteiger partial charge on any atom is -0.479 e. The predicted octanol–water partition coefficient (Wildman–Crippen LogP) is -1.09. The highest BCUT2D eigenvalue weighted by Crippen LogP contribution is 2.20. The first kappa shape index (κ1) is 14.5. The van der Waals surface area contributed by atoms with E-state index in [-0.39, 0.29) is 18.5 Å². The molecule has 1 aliphatic rings. The lowest BCUT2D eigenvalue weighted by atomic mass is 10.2. The van der Waals surface area contributed by atoms with Gasteiger partial charge in [-0.05, 0) is 0 Å². The maximum Gasteiger partial charge on any atom is 0.332 e. The summed E-state index contributed by atoms with van der Waals surface area (Å²) in [5.41, 5.74) is -0.489. The van der Waals surface area contributed by atoms with Crippen molar-refractivity contribution in [1.82, 2.24) is 14.9 Å². The molecule has 8 nitrogen and oxygen atoms in total. The molecule has 0 bridgehead atoms. The summed E-state index contributed by atoms with van der Waals surface area (Å²) in [5.74, 6) is -1.22. The fourth-order valence-electron chi connectivity index (χ4n) is 1.71. The number of aromatic nitrogens is 2. The second-order valence-corrected chi connectivity index (χ2v) is 5.22. The van der Waals surface area contributed by atoms with Crippen LogP contribution in [0.2, 0.25) is 0 Å². The highest BCUT2D eigenvalue weighted by molar-refractivity contribution is 7.99. The van der Waals surface area contributed by atoms with Gasteiger partial charge in [0.2, 0.25) is 0 Å². The summed E-state index contributed by atoms with van der Waals surface area (Å²) < 4.78 is 1.44. The van der Waals surface area contributed by atoms with Gasteiger partial charge in [0, 0.05) is 31.5 Å². The van der Waals surface area contributed by atoms with Gasteiger partial charge in [-0.2, -0.15) is 0 Å². The van der Waals surface area contributed by atoms with Crippen molar-refractivity contribution < 1.29 is 19.8 Å². The topological polar surface area (TPSA) is 122 Å². The first-order valence-corrected chi connectivity index (χ1v) is 6.91. The molecule has 0 spiro atoms. The van der Waals surface area contributed by atoms with Crippen molar-refractivity contribution in [3.05, 3.63) is 22.1 Å². The lowest BCUT2D eigenvalue weighted by molar-refractivity contribution is -0.146. The Morgan fingerprint density at radius 3 is 3.00 bits per heavy atom. The average molecular weight is 299 g/mol. The molecule has 1 aliphatic heterocycles. The molecular formula is C11H13N3O5S. The van der Waals surface area contributed by atoms with Crippen molar-refractivity contribution in [2.75, 3.05) is 12.3 Å². The number of aliphatic carboxylic acids is 1. The maximum atomic E-state index is 12.0. The lowest BCUT2D eigenvalue weighted by Crippen LogP contribution is -2.35.